The van der Waals surface area contributed by atoms with Crippen molar-refractivity contribution in [3.8, 4) is 0 Å². The van der Waals surface area contributed by atoms with Crippen molar-refractivity contribution >= 4 is 17.6 Å². The summed E-state index contributed by atoms with van der Waals surface area (Å²) in [6.45, 7) is 10.3. The van der Waals surface area contributed by atoms with Gasteiger partial charge in [0, 0.05) is 48.7 Å². The lowest BCUT2D eigenvalue weighted by Crippen LogP contribution is -2.46. The van der Waals surface area contributed by atoms with Crippen LogP contribution in [-0.4, -0.2) is 99.9 Å². The maximum absolute atomic E-state index is 5.65. The summed E-state index contributed by atoms with van der Waals surface area (Å²) in [5.41, 5.74) is 2.93. The summed E-state index contributed by atoms with van der Waals surface area (Å²) in [5.74, 6) is 0.412. The van der Waals surface area contributed by atoms with Gasteiger partial charge in [-0.25, -0.2) is 0 Å². The van der Waals surface area contributed by atoms with E-state index in [9.17, 15) is 0 Å². The number of benzene rings is 1. The van der Waals surface area contributed by atoms with Gasteiger partial charge >= 0.3 is 17.6 Å². The Balaban J connectivity index is 0.000000702. The van der Waals surface area contributed by atoms with E-state index >= 15 is 0 Å². The normalized spacial score (nSPS) is 12.5. The smallest absolute Gasteiger partial charge is 0.382 e. The molecule has 11 heteroatoms. The van der Waals surface area contributed by atoms with Crippen molar-refractivity contribution in [1.82, 2.24) is 0 Å². The number of allylic oxidation sites excluding steroid dienone is 1. The van der Waals surface area contributed by atoms with Gasteiger partial charge in [-0.15, -0.1) is 6.58 Å². The molecule has 0 aliphatic rings. The molecule has 0 amide bonds. The maximum Gasteiger partial charge on any atom is 0.529 e. The Morgan fingerprint density at radius 3 is 1.51 bits per heavy atom. The minimum Gasteiger partial charge on any atom is -0.382 e. The first-order chi connectivity index (χ1) is 17.9. The van der Waals surface area contributed by atoms with Gasteiger partial charge < -0.3 is 40.8 Å². The fourth-order valence-corrected chi connectivity index (χ4v) is 6.79. The molecule has 0 aliphatic carbocycles. The van der Waals surface area contributed by atoms with Gasteiger partial charge in [0.25, 0.3) is 0 Å². The predicted molar refractivity (Wildman–Crippen MR) is 149 cm³/mol. The van der Waals surface area contributed by atoms with E-state index in [0.29, 0.717) is 45.6 Å². The average Bonchev–Trinajstić information content (AvgIpc) is 2.94. The summed E-state index contributed by atoms with van der Waals surface area (Å²) in [5, 5.41) is 0. The van der Waals surface area contributed by atoms with Gasteiger partial charge in [0.05, 0.1) is 39.6 Å². The lowest BCUT2D eigenvalue weighted by molar-refractivity contribution is 0.0232. The van der Waals surface area contributed by atoms with Crippen LogP contribution in [-0.2, 0) is 47.2 Å². The third-order valence-electron chi connectivity index (χ3n) is 5.45. The summed E-state index contributed by atoms with van der Waals surface area (Å²) >= 11 is 0. The maximum atomic E-state index is 5.65. The van der Waals surface area contributed by atoms with E-state index < -0.39 is 17.6 Å². The summed E-state index contributed by atoms with van der Waals surface area (Å²) in [4.78, 5) is 0. The molecule has 1 unspecified atom stereocenters. The van der Waals surface area contributed by atoms with Crippen LogP contribution in [0.25, 0.3) is 0 Å². The molecule has 0 radical (unpaired) electrons. The van der Waals surface area contributed by atoms with E-state index in [1.807, 2.05) is 12.1 Å². The fourth-order valence-electron chi connectivity index (χ4n) is 3.24. The highest BCUT2D eigenvalue weighted by molar-refractivity contribution is 6.66. The molecule has 0 heterocycles. The second-order valence-electron chi connectivity index (χ2n) is 7.85. The molecule has 37 heavy (non-hydrogen) atoms. The minimum atomic E-state index is -2.86. The SMILES string of the molecule is C=CC(CC[Si](OC)(OC)OC)Cc1ccccc1.C=C[Si](OCCOC)(OCCOC)OCCOC. The molecule has 1 aromatic rings. The van der Waals surface area contributed by atoms with Gasteiger partial charge in [-0.3, -0.25) is 0 Å². The van der Waals surface area contributed by atoms with E-state index in [1.54, 1.807) is 48.4 Å². The third-order valence-corrected chi connectivity index (χ3v) is 10.5. The van der Waals surface area contributed by atoms with Crippen LogP contribution < -0.4 is 0 Å². The Hall–Kier alpha value is -1.23. The van der Waals surface area contributed by atoms with Gasteiger partial charge in [0.15, 0.2) is 0 Å². The molecule has 0 aliphatic heterocycles. The number of ether oxygens (including phenoxy) is 3. The second-order valence-corrected chi connectivity index (χ2v) is 13.4. The Bertz CT molecular complexity index is 640. The summed E-state index contributed by atoms with van der Waals surface area (Å²) in [6, 6.07) is 11.3. The minimum absolute atomic E-state index is 0.398. The van der Waals surface area contributed by atoms with Crippen LogP contribution in [0.3, 0.4) is 0 Å². The van der Waals surface area contributed by atoms with Crippen LogP contribution in [0.2, 0.25) is 6.04 Å². The number of methoxy groups -OCH3 is 3. The highest BCUT2D eigenvalue weighted by atomic mass is 28.4. The summed E-state index contributed by atoms with van der Waals surface area (Å²) < 4.78 is 48.1. The number of rotatable bonds is 22. The quantitative estimate of drug-likeness (QED) is 0.119. The topological polar surface area (TPSA) is 83.1 Å². The van der Waals surface area contributed by atoms with E-state index in [2.05, 4.69) is 37.4 Å². The largest absolute Gasteiger partial charge is 0.529 e. The Morgan fingerprint density at radius 1 is 0.703 bits per heavy atom. The monoisotopic (exact) mass is 560 g/mol. The van der Waals surface area contributed by atoms with Crippen molar-refractivity contribution in [3.63, 3.8) is 0 Å². The zero-order valence-electron chi connectivity index (χ0n) is 23.6. The molecular formula is C26H48O9Si2. The first-order valence-corrected chi connectivity index (χ1v) is 16.0. The summed E-state index contributed by atoms with van der Waals surface area (Å²) in [7, 11) is 4.47. The molecule has 0 spiro atoms. The van der Waals surface area contributed by atoms with Crippen molar-refractivity contribution in [2.45, 2.75) is 18.9 Å². The molecule has 0 aromatic heterocycles. The van der Waals surface area contributed by atoms with Crippen molar-refractivity contribution in [3.05, 3.63) is 60.8 Å². The number of hydrogen-bond acceptors (Lipinski definition) is 9. The number of hydrogen-bond donors (Lipinski definition) is 0. The van der Waals surface area contributed by atoms with Gasteiger partial charge in [0.2, 0.25) is 0 Å². The molecule has 0 N–H and O–H groups in total. The van der Waals surface area contributed by atoms with Crippen LogP contribution in [0.4, 0.5) is 0 Å². The average molecular weight is 561 g/mol. The van der Waals surface area contributed by atoms with E-state index in [4.69, 9.17) is 40.8 Å². The van der Waals surface area contributed by atoms with E-state index in [0.717, 1.165) is 18.9 Å². The molecule has 0 saturated heterocycles. The predicted octanol–water partition coefficient (Wildman–Crippen LogP) is 3.94. The Kier molecular flexibility index (Phi) is 22.0. The zero-order valence-corrected chi connectivity index (χ0v) is 25.6. The van der Waals surface area contributed by atoms with Gasteiger partial charge in [-0.1, -0.05) is 43.0 Å². The van der Waals surface area contributed by atoms with Crippen LogP contribution in [0.5, 0.6) is 0 Å². The molecule has 214 valence electrons. The highest BCUT2D eigenvalue weighted by Gasteiger charge is 2.38. The molecule has 0 fully saturated rings. The fraction of sp³-hybridized carbons (Fsp3) is 0.615. The second kappa shape index (κ2) is 22.7. The first-order valence-electron chi connectivity index (χ1n) is 12.3. The van der Waals surface area contributed by atoms with E-state index in [1.165, 1.54) is 5.56 Å². The van der Waals surface area contributed by atoms with Gasteiger partial charge in [-0.05, 0) is 30.0 Å². The lowest BCUT2D eigenvalue weighted by Gasteiger charge is -2.26. The molecule has 1 atom stereocenters. The summed E-state index contributed by atoms with van der Waals surface area (Å²) in [6.07, 6.45) is 3.96. The van der Waals surface area contributed by atoms with Gasteiger partial charge in [-0.2, -0.15) is 0 Å². The lowest BCUT2D eigenvalue weighted by atomic mass is 9.97. The van der Waals surface area contributed by atoms with Crippen molar-refractivity contribution in [1.29, 1.82) is 0 Å². The van der Waals surface area contributed by atoms with E-state index in [-0.39, 0.29) is 0 Å². The molecule has 1 aromatic carbocycles. The highest BCUT2D eigenvalue weighted by Crippen LogP contribution is 2.22. The molecule has 0 bridgehead atoms. The van der Waals surface area contributed by atoms with Crippen LogP contribution in [0.1, 0.15) is 12.0 Å². The molecular weight excluding hydrogens is 512 g/mol. The zero-order chi connectivity index (χ0) is 27.8. The van der Waals surface area contributed by atoms with Gasteiger partial charge in [0.1, 0.15) is 0 Å². The van der Waals surface area contributed by atoms with Crippen LogP contribution in [0.15, 0.2) is 55.3 Å². The molecule has 9 nitrogen and oxygen atoms in total. The first kappa shape index (κ1) is 35.8. The Labute approximate surface area is 226 Å². The van der Waals surface area contributed by atoms with Crippen LogP contribution >= 0.6 is 0 Å². The standard InChI is InChI=1S/C15H24O3Si.C11H24O6Si/c1-5-14(13-15-9-7-6-8-10-15)11-12-19(16-2,17-3)18-4;1-5-18(15-9-6-12-2,16-10-7-13-3)17-11-8-14-4/h5-10,14H,1,11-13H2,2-4H3;5H,1,6-11H2,2-4H3. The van der Waals surface area contributed by atoms with Crippen molar-refractivity contribution < 1.29 is 40.8 Å². The third kappa shape index (κ3) is 15.7. The molecule has 1 rings (SSSR count). The Morgan fingerprint density at radius 2 is 1.16 bits per heavy atom. The van der Waals surface area contributed by atoms with Crippen molar-refractivity contribution in [2.24, 2.45) is 5.92 Å². The van der Waals surface area contributed by atoms with Crippen molar-refractivity contribution in [2.75, 3.05) is 82.3 Å². The molecule has 0 saturated carbocycles. The van der Waals surface area contributed by atoms with Crippen LogP contribution in [0, 0.1) is 5.92 Å².